The molecule has 0 fully saturated rings. The highest BCUT2D eigenvalue weighted by molar-refractivity contribution is 7.80. The molecule has 1 N–H and O–H groups in total. The molecule has 14 heavy (non-hydrogen) atoms. The molecule has 0 radical (unpaired) electrons. The van der Waals surface area contributed by atoms with Crippen molar-refractivity contribution in [3.8, 4) is 0 Å². The molecule has 0 aliphatic carbocycles. The van der Waals surface area contributed by atoms with E-state index in [0.29, 0.717) is 5.82 Å². The van der Waals surface area contributed by atoms with Crippen LogP contribution in [-0.4, -0.2) is 27.1 Å². The molecule has 78 valence electrons. The van der Waals surface area contributed by atoms with Gasteiger partial charge >= 0.3 is 16.2 Å². The number of hydrogen-bond acceptors (Lipinski definition) is 4. The van der Waals surface area contributed by atoms with Crippen LogP contribution in [0.1, 0.15) is 0 Å². The smallest absolute Gasteiger partial charge is 0.264 e. The molecule has 0 aromatic carbocycles. The third-order valence-electron chi connectivity index (χ3n) is 1.44. The predicted octanol–water partition coefficient (Wildman–Crippen LogP) is -0.728. The minimum atomic E-state index is -4.50. The number of rotatable bonds is 3. The molecule has 0 bridgehead atoms. The summed E-state index contributed by atoms with van der Waals surface area (Å²) in [6.45, 7) is 0. The summed E-state index contributed by atoms with van der Waals surface area (Å²) < 4.78 is 34.7. The summed E-state index contributed by atoms with van der Waals surface area (Å²) in [5, 5.41) is 0. The van der Waals surface area contributed by atoms with Gasteiger partial charge in [0.2, 0.25) is 0 Å². The molecule has 0 aliphatic rings. The molecule has 7 heteroatoms. The Morgan fingerprint density at radius 3 is 2.57 bits per heavy atom. The van der Waals surface area contributed by atoms with E-state index in [0.717, 1.165) is 4.73 Å². The lowest BCUT2D eigenvalue weighted by molar-refractivity contribution is -0.846. The normalized spacial score (nSPS) is 11.1. The Bertz CT molecular complexity index is 415. The molecule has 0 saturated heterocycles. The first kappa shape index (κ1) is 10.7. The Morgan fingerprint density at radius 2 is 2.07 bits per heavy atom. The van der Waals surface area contributed by atoms with Crippen LogP contribution in [-0.2, 0) is 10.4 Å². The number of nitrogens with zero attached hydrogens (tertiary/aromatic N) is 2. The fraction of sp³-hybridized carbons (Fsp3) is 0.286. The average molecular weight is 219 g/mol. The summed E-state index contributed by atoms with van der Waals surface area (Å²) in [7, 11) is -1.05. The van der Waals surface area contributed by atoms with Crippen molar-refractivity contribution in [1.82, 2.24) is 0 Å². The van der Waals surface area contributed by atoms with Crippen molar-refractivity contribution in [3.63, 3.8) is 0 Å². The second kappa shape index (κ2) is 3.81. The van der Waals surface area contributed by atoms with E-state index in [1.54, 1.807) is 37.2 Å². The molecule has 1 heterocycles. The number of anilines is 1. The lowest BCUT2D eigenvalue weighted by atomic mass is 10.4. The first-order valence-electron chi connectivity index (χ1n) is 3.75. The van der Waals surface area contributed by atoms with Crippen LogP contribution >= 0.6 is 0 Å². The monoisotopic (exact) mass is 219 g/mol. The highest BCUT2D eigenvalue weighted by Gasteiger charge is 2.17. The quantitative estimate of drug-likeness (QED) is 0.536. The van der Waals surface area contributed by atoms with Gasteiger partial charge in [-0.05, 0) is 10.8 Å². The number of hydrogen-bond donors (Lipinski definition) is 1. The van der Waals surface area contributed by atoms with Crippen LogP contribution in [0.2, 0.25) is 0 Å². The molecule has 1 aromatic heterocycles. The van der Waals surface area contributed by atoms with Crippen molar-refractivity contribution >= 4 is 16.2 Å². The fourth-order valence-electron chi connectivity index (χ4n) is 0.930. The summed E-state index contributed by atoms with van der Waals surface area (Å²) in [5.74, 6) is 0.491. The summed E-state index contributed by atoms with van der Waals surface area (Å²) in [6.07, 6.45) is 1.38. The van der Waals surface area contributed by atoms with Crippen molar-refractivity contribution in [2.45, 2.75) is 0 Å². The van der Waals surface area contributed by atoms with Gasteiger partial charge in [-0.1, -0.05) is 6.07 Å². The molecule has 6 nitrogen and oxygen atoms in total. The maximum Gasteiger partial charge on any atom is 0.482 e. The van der Waals surface area contributed by atoms with Crippen LogP contribution in [0.25, 0.3) is 0 Å². The molecular weight excluding hydrogens is 208 g/mol. The third kappa shape index (κ3) is 2.86. The summed E-state index contributed by atoms with van der Waals surface area (Å²) in [6, 6.07) is 4.95. The van der Waals surface area contributed by atoms with Gasteiger partial charge in [-0.15, -0.1) is 0 Å². The molecule has 0 unspecified atom stereocenters. The molecular formula is C7H11N2O4S+. The third-order valence-corrected chi connectivity index (χ3v) is 1.79. The number of aromatic nitrogens is 1. The van der Waals surface area contributed by atoms with E-state index in [1.165, 1.54) is 6.20 Å². The maximum absolute atomic E-state index is 10.5. The second-order valence-electron chi connectivity index (χ2n) is 2.78. The zero-order valence-electron chi connectivity index (χ0n) is 7.78. The van der Waals surface area contributed by atoms with E-state index in [2.05, 4.69) is 4.28 Å². The summed E-state index contributed by atoms with van der Waals surface area (Å²) in [4.78, 5) is 1.64. The van der Waals surface area contributed by atoms with Gasteiger partial charge in [0.1, 0.15) is 6.20 Å². The lowest BCUT2D eigenvalue weighted by Crippen LogP contribution is -2.48. The van der Waals surface area contributed by atoms with E-state index in [9.17, 15) is 8.42 Å². The van der Waals surface area contributed by atoms with Gasteiger partial charge in [0.15, 0.2) is 0 Å². The Hall–Kier alpha value is -1.34. The van der Waals surface area contributed by atoms with E-state index in [-0.39, 0.29) is 0 Å². The van der Waals surface area contributed by atoms with Gasteiger partial charge in [0.25, 0.3) is 0 Å². The molecule has 1 rings (SSSR count). The maximum atomic E-state index is 10.5. The van der Waals surface area contributed by atoms with Crippen molar-refractivity contribution in [2.24, 2.45) is 0 Å². The Labute approximate surface area is 82.3 Å². The highest BCUT2D eigenvalue weighted by atomic mass is 32.3. The van der Waals surface area contributed by atoms with Crippen LogP contribution in [0.15, 0.2) is 24.4 Å². The SMILES string of the molecule is CN(C)c1cccc[n+]1OS(=O)(=O)O. The Balaban J connectivity index is 3.08. The fourth-order valence-corrected chi connectivity index (χ4v) is 1.26. The standard InChI is InChI=1S/C7H10N2O4S/c1-8(2)7-5-3-4-6-9(7)13-14(10,11)12/h3-6H,1-2H3/p+1. The van der Waals surface area contributed by atoms with Crippen molar-refractivity contribution in [3.05, 3.63) is 24.4 Å². The van der Waals surface area contributed by atoms with E-state index >= 15 is 0 Å². The zero-order valence-corrected chi connectivity index (χ0v) is 8.60. The van der Waals surface area contributed by atoms with Gasteiger partial charge in [0, 0.05) is 6.07 Å². The minimum absolute atomic E-state index is 0.491. The second-order valence-corrected chi connectivity index (χ2v) is 3.79. The van der Waals surface area contributed by atoms with Crippen molar-refractivity contribution < 1.29 is 22.0 Å². The summed E-state index contributed by atoms with van der Waals surface area (Å²) in [5.41, 5.74) is 0. The van der Waals surface area contributed by atoms with Gasteiger partial charge in [-0.3, -0.25) is 9.45 Å². The topological polar surface area (TPSA) is 70.7 Å². The van der Waals surface area contributed by atoms with Crippen LogP contribution in [0, 0.1) is 0 Å². The van der Waals surface area contributed by atoms with Crippen LogP contribution in [0.5, 0.6) is 0 Å². The van der Waals surface area contributed by atoms with Gasteiger partial charge < -0.3 is 0 Å². The van der Waals surface area contributed by atoms with Crippen LogP contribution in [0.4, 0.5) is 5.82 Å². The summed E-state index contributed by atoms with van der Waals surface area (Å²) >= 11 is 0. The van der Waals surface area contributed by atoms with Gasteiger partial charge in [-0.25, -0.2) is 0 Å². The van der Waals surface area contributed by atoms with Crippen molar-refractivity contribution in [1.29, 1.82) is 0 Å². The molecule has 1 aromatic rings. The van der Waals surface area contributed by atoms with Crippen LogP contribution < -0.4 is 13.9 Å². The van der Waals surface area contributed by atoms with Crippen LogP contribution in [0.3, 0.4) is 0 Å². The highest BCUT2D eigenvalue weighted by Crippen LogP contribution is 2.01. The van der Waals surface area contributed by atoms with E-state index < -0.39 is 10.4 Å². The van der Waals surface area contributed by atoms with E-state index in [4.69, 9.17) is 4.55 Å². The van der Waals surface area contributed by atoms with Gasteiger partial charge in [0.05, 0.1) is 14.1 Å². The molecule has 0 aliphatic heterocycles. The first-order chi connectivity index (χ1) is 6.40. The predicted molar refractivity (Wildman–Crippen MR) is 49.1 cm³/mol. The van der Waals surface area contributed by atoms with E-state index in [1.807, 2.05) is 0 Å². The largest absolute Gasteiger partial charge is 0.482 e. The molecule has 0 spiro atoms. The Morgan fingerprint density at radius 1 is 1.43 bits per heavy atom. The molecule has 0 amide bonds. The molecule has 0 saturated carbocycles. The van der Waals surface area contributed by atoms with Gasteiger partial charge in [-0.2, -0.15) is 12.7 Å². The van der Waals surface area contributed by atoms with Crippen molar-refractivity contribution in [2.75, 3.05) is 19.0 Å². The minimum Gasteiger partial charge on any atom is -0.264 e. The zero-order chi connectivity index (χ0) is 10.8. The number of pyridine rings is 1. The first-order valence-corrected chi connectivity index (χ1v) is 5.12. The lowest BCUT2D eigenvalue weighted by Gasteiger charge is -2.07. The average Bonchev–Trinajstić information content (AvgIpc) is 2.01. The Kier molecular flexibility index (Phi) is 2.92. The molecule has 0 atom stereocenters.